The van der Waals surface area contributed by atoms with Gasteiger partial charge in [0.15, 0.2) is 0 Å². The van der Waals surface area contributed by atoms with Gasteiger partial charge in [-0.25, -0.2) is 0 Å². The molecular formula is C13H23F3O3S. The zero-order chi connectivity index (χ0) is 15.5. The van der Waals surface area contributed by atoms with Gasteiger partial charge >= 0.3 is 15.6 Å². The first-order valence-corrected chi connectivity index (χ1v) is 8.28. The minimum absolute atomic E-state index is 0.325. The maximum atomic E-state index is 11.9. The van der Waals surface area contributed by atoms with Gasteiger partial charge in [0.2, 0.25) is 0 Å². The predicted octanol–water partition coefficient (Wildman–Crippen LogP) is 4.55. The molecule has 3 nitrogen and oxygen atoms in total. The molecule has 0 radical (unpaired) electrons. The third kappa shape index (κ3) is 9.36. The van der Waals surface area contributed by atoms with E-state index in [0.717, 1.165) is 38.5 Å². The van der Waals surface area contributed by atoms with Gasteiger partial charge < -0.3 is 0 Å². The fourth-order valence-corrected chi connectivity index (χ4v) is 2.16. The van der Waals surface area contributed by atoms with Crippen LogP contribution in [-0.4, -0.2) is 20.5 Å². The van der Waals surface area contributed by atoms with E-state index in [1.165, 1.54) is 6.42 Å². The van der Waals surface area contributed by atoms with E-state index in [0.29, 0.717) is 12.8 Å². The average Bonchev–Trinajstić information content (AvgIpc) is 2.34. The summed E-state index contributed by atoms with van der Waals surface area (Å²) in [6, 6.07) is 0. The summed E-state index contributed by atoms with van der Waals surface area (Å²) >= 11 is 0. The number of halogens is 3. The van der Waals surface area contributed by atoms with Gasteiger partial charge in [-0.2, -0.15) is 21.6 Å². The molecule has 7 heteroatoms. The van der Waals surface area contributed by atoms with Gasteiger partial charge in [0, 0.05) is 0 Å². The van der Waals surface area contributed by atoms with Crippen molar-refractivity contribution >= 4 is 10.1 Å². The minimum atomic E-state index is -5.42. The second-order valence-electron chi connectivity index (χ2n) is 4.63. The number of allylic oxidation sites excluding steroid dienone is 1. The Hall–Kier alpha value is -0.560. The molecule has 0 bridgehead atoms. The Labute approximate surface area is 119 Å². The van der Waals surface area contributed by atoms with Crippen molar-refractivity contribution in [1.82, 2.24) is 0 Å². The normalized spacial score (nSPS) is 12.6. The van der Waals surface area contributed by atoms with Crippen molar-refractivity contribution in [3.8, 4) is 0 Å². The lowest BCUT2D eigenvalue weighted by molar-refractivity contribution is -0.0542. The van der Waals surface area contributed by atoms with Gasteiger partial charge in [0.1, 0.15) is 0 Å². The van der Waals surface area contributed by atoms with Crippen molar-refractivity contribution in [1.29, 1.82) is 0 Å². The molecule has 0 fully saturated rings. The topological polar surface area (TPSA) is 43.4 Å². The fraction of sp³-hybridized carbons (Fsp3) is 0.846. The van der Waals surface area contributed by atoms with Crippen LogP contribution in [0.5, 0.6) is 0 Å². The first-order chi connectivity index (χ1) is 9.31. The maximum absolute atomic E-state index is 11.9. The van der Waals surface area contributed by atoms with Gasteiger partial charge in [-0.05, 0) is 19.3 Å². The van der Waals surface area contributed by atoms with Gasteiger partial charge in [0.05, 0.1) is 6.61 Å². The number of alkyl halides is 3. The summed E-state index contributed by atoms with van der Waals surface area (Å²) in [5.41, 5.74) is -5.32. The quantitative estimate of drug-likeness (QED) is 0.230. The highest BCUT2D eigenvalue weighted by Gasteiger charge is 2.47. The number of rotatable bonds is 12. The van der Waals surface area contributed by atoms with Gasteiger partial charge in [-0.1, -0.05) is 44.6 Å². The molecule has 0 amide bonds. The summed E-state index contributed by atoms with van der Waals surface area (Å²) in [5, 5.41) is 0. The van der Waals surface area contributed by atoms with E-state index in [9.17, 15) is 21.6 Å². The highest BCUT2D eigenvalue weighted by molar-refractivity contribution is 7.87. The molecule has 0 saturated heterocycles. The molecule has 0 aromatic heterocycles. The van der Waals surface area contributed by atoms with Crippen LogP contribution in [0.3, 0.4) is 0 Å². The highest BCUT2D eigenvalue weighted by Crippen LogP contribution is 2.24. The molecule has 0 atom stereocenters. The molecule has 0 N–H and O–H groups in total. The SMILES string of the molecule is C=CCCCCCCCCCCOS(=O)(=O)C(F)(F)F. The number of hydrogen-bond donors (Lipinski definition) is 0. The molecule has 0 heterocycles. The molecule has 0 spiro atoms. The second-order valence-corrected chi connectivity index (χ2v) is 6.23. The molecule has 120 valence electrons. The summed E-state index contributed by atoms with van der Waals surface area (Å²) in [5.74, 6) is 0. The van der Waals surface area contributed by atoms with Gasteiger partial charge in [-0.3, -0.25) is 4.18 Å². The standard InChI is InChI=1S/C13H23F3O3S/c1-2-3-4-5-6-7-8-9-10-11-12-19-20(17,18)13(14,15)16/h2H,1,3-12H2. The van der Waals surface area contributed by atoms with Crippen molar-refractivity contribution in [2.24, 2.45) is 0 Å². The Morgan fingerprint density at radius 1 is 0.900 bits per heavy atom. The highest BCUT2D eigenvalue weighted by atomic mass is 32.2. The van der Waals surface area contributed by atoms with E-state index in [1.807, 2.05) is 6.08 Å². The first-order valence-electron chi connectivity index (χ1n) is 6.88. The predicted molar refractivity (Wildman–Crippen MR) is 72.7 cm³/mol. The van der Waals surface area contributed by atoms with Gasteiger partial charge in [0.25, 0.3) is 0 Å². The van der Waals surface area contributed by atoms with Crippen LogP contribution >= 0.6 is 0 Å². The van der Waals surface area contributed by atoms with Crippen LogP contribution in [0.15, 0.2) is 12.7 Å². The molecule has 0 rings (SSSR count). The minimum Gasteiger partial charge on any atom is -0.263 e. The molecule has 0 saturated carbocycles. The average molecular weight is 316 g/mol. The lowest BCUT2D eigenvalue weighted by Crippen LogP contribution is -2.25. The second kappa shape index (κ2) is 10.2. The Kier molecular flexibility index (Phi) is 9.92. The Balaban J connectivity index is 3.40. The molecule has 0 aliphatic rings. The Bertz CT molecular complexity index is 350. The third-order valence-electron chi connectivity index (χ3n) is 2.82. The van der Waals surface area contributed by atoms with Crippen LogP contribution in [0.2, 0.25) is 0 Å². The van der Waals surface area contributed by atoms with Crippen molar-refractivity contribution in [2.75, 3.05) is 6.61 Å². The van der Waals surface area contributed by atoms with Crippen molar-refractivity contribution < 1.29 is 25.8 Å². The monoisotopic (exact) mass is 316 g/mol. The molecule has 0 aromatic rings. The van der Waals surface area contributed by atoms with E-state index >= 15 is 0 Å². The van der Waals surface area contributed by atoms with E-state index in [4.69, 9.17) is 0 Å². The van der Waals surface area contributed by atoms with E-state index in [-0.39, 0.29) is 0 Å². The van der Waals surface area contributed by atoms with Crippen LogP contribution in [0.25, 0.3) is 0 Å². The van der Waals surface area contributed by atoms with Crippen LogP contribution in [0.1, 0.15) is 57.8 Å². The number of hydrogen-bond acceptors (Lipinski definition) is 3. The fourth-order valence-electron chi connectivity index (χ4n) is 1.69. The maximum Gasteiger partial charge on any atom is 0.523 e. The lowest BCUT2D eigenvalue weighted by Gasteiger charge is -2.08. The zero-order valence-corrected chi connectivity index (χ0v) is 12.4. The van der Waals surface area contributed by atoms with Crippen LogP contribution in [-0.2, 0) is 14.3 Å². The molecular weight excluding hydrogens is 293 g/mol. The smallest absolute Gasteiger partial charge is 0.263 e. The molecule has 0 aromatic carbocycles. The van der Waals surface area contributed by atoms with Crippen molar-refractivity contribution in [3.63, 3.8) is 0 Å². The summed E-state index contributed by atoms with van der Waals surface area (Å²) in [7, 11) is -5.42. The molecule has 0 aliphatic carbocycles. The molecule has 0 unspecified atom stereocenters. The summed E-state index contributed by atoms with van der Waals surface area (Å²) in [4.78, 5) is 0. The zero-order valence-electron chi connectivity index (χ0n) is 11.6. The van der Waals surface area contributed by atoms with Crippen molar-refractivity contribution in [2.45, 2.75) is 63.3 Å². The van der Waals surface area contributed by atoms with E-state index in [2.05, 4.69) is 10.8 Å². The van der Waals surface area contributed by atoms with Crippen LogP contribution in [0, 0.1) is 0 Å². The lowest BCUT2D eigenvalue weighted by atomic mass is 10.1. The van der Waals surface area contributed by atoms with Crippen LogP contribution < -0.4 is 0 Å². The molecule has 0 aliphatic heterocycles. The number of unbranched alkanes of at least 4 members (excludes halogenated alkanes) is 8. The summed E-state index contributed by atoms with van der Waals surface area (Å²) in [6.45, 7) is 3.24. The Morgan fingerprint density at radius 3 is 1.80 bits per heavy atom. The third-order valence-corrected chi connectivity index (χ3v) is 3.87. The Morgan fingerprint density at radius 2 is 1.35 bits per heavy atom. The first kappa shape index (κ1) is 19.4. The summed E-state index contributed by atoms with van der Waals surface area (Å²) in [6.07, 6.45) is 10.4. The summed E-state index contributed by atoms with van der Waals surface area (Å²) < 4.78 is 60.8. The van der Waals surface area contributed by atoms with E-state index in [1.54, 1.807) is 0 Å². The molecule has 20 heavy (non-hydrogen) atoms. The van der Waals surface area contributed by atoms with Crippen molar-refractivity contribution in [3.05, 3.63) is 12.7 Å². The van der Waals surface area contributed by atoms with Gasteiger partial charge in [-0.15, -0.1) is 6.58 Å². The largest absolute Gasteiger partial charge is 0.523 e. The van der Waals surface area contributed by atoms with Crippen LogP contribution in [0.4, 0.5) is 13.2 Å². The van der Waals surface area contributed by atoms with E-state index < -0.39 is 22.2 Å².